The van der Waals surface area contributed by atoms with Crippen molar-refractivity contribution in [1.82, 2.24) is 9.73 Å². The van der Waals surface area contributed by atoms with Crippen molar-refractivity contribution in [2.75, 3.05) is 63.5 Å². The van der Waals surface area contributed by atoms with Crippen molar-refractivity contribution in [1.29, 1.82) is 0 Å². The van der Waals surface area contributed by atoms with Crippen molar-refractivity contribution < 1.29 is 22.3 Å². The van der Waals surface area contributed by atoms with E-state index in [2.05, 4.69) is 16.4 Å². The van der Waals surface area contributed by atoms with E-state index in [9.17, 15) is 12.8 Å². The molecule has 6 rings (SSSR count). The van der Waals surface area contributed by atoms with Crippen LogP contribution < -0.4 is 15.3 Å². The normalized spacial score (nSPS) is 25.3. The maximum absolute atomic E-state index is 13.9. The van der Waals surface area contributed by atoms with Gasteiger partial charge in [-0.3, -0.25) is 5.01 Å². The number of rotatable bonds is 8. The Balaban J connectivity index is 1.23. The molecule has 10 heteroatoms. The fourth-order valence-corrected chi connectivity index (χ4v) is 8.34. The van der Waals surface area contributed by atoms with Gasteiger partial charge >= 0.3 is 0 Å². The number of piperidine rings is 1. The Morgan fingerprint density at radius 1 is 1.02 bits per heavy atom. The minimum absolute atomic E-state index is 0.271. The molecule has 214 valence electrons. The molecule has 0 aromatic heterocycles. The lowest BCUT2D eigenvalue weighted by molar-refractivity contribution is 0.0721. The molecule has 1 aliphatic carbocycles. The average molecular weight is 569 g/mol. The Kier molecular flexibility index (Phi) is 7.47. The Hall–Kier alpha value is -2.76. The zero-order valence-corrected chi connectivity index (χ0v) is 23.9. The predicted octanol–water partition coefficient (Wildman–Crippen LogP) is 4.08. The number of fused-ring (bicyclic) bond motifs is 1. The maximum Gasteiger partial charge on any atom is 0.243 e. The summed E-state index contributed by atoms with van der Waals surface area (Å²) in [5.41, 5.74) is 8.35. The molecule has 2 aromatic carbocycles. The van der Waals surface area contributed by atoms with Gasteiger partial charge < -0.3 is 14.4 Å². The molecule has 1 N–H and O–H groups in total. The Morgan fingerprint density at radius 3 is 2.50 bits per heavy atom. The Labute approximate surface area is 236 Å². The molecule has 0 amide bonds. The van der Waals surface area contributed by atoms with E-state index < -0.39 is 15.4 Å². The van der Waals surface area contributed by atoms with Crippen LogP contribution in [0, 0.1) is 11.2 Å². The van der Waals surface area contributed by atoms with Crippen molar-refractivity contribution in [3.8, 4) is 0 Å². The van der Waals surface area contributed by atoms with Gasteiger partial charge in [0, 0.05) is 51.5 Å². The summed E-state index contributed by atoms with van der Waals surface area (Å²) in [6.07, 6.45) is 5.70. The first-order valence-electron chi connectivity index (χ1n) is 13.9. The third kappa shape index (κ3) is 4.86. The van der Waals surface area contributed by atoms with Crippen LogP contribution in [0.25, 0.3) is 0 Å². The number of anilines is 2. The number of hydrazine groups is 1. The second-order valence-corrected chi connectivity index (χ2v) is 13.2. The molecule has 0 spiro atoms. The molecule has 8 nitrogen and oxygen atoms in total. The van der Waals surface area contributed by atoms with Gasteiger partial charge in [0.15, 0.2) is 0 Å². The van der Waals surface area contributed by atoms with Crippen LogP contribution in [0.5, 0.6) is 0 Å². The Morgan fingerprint density at radius 2 is 1.77 bits per heavy atom. The SMILES string of the molecule is COC[C@@H]1CCCN1c1ccc(S(=O)(=O)N2CCC3=CC4=C(CNN4c4ccc(F)cc4)C[C@]3(COC)C2)cc1. The summed E-state index contributed by atoms with van der Waals surface area (Å²) in [6.45, 7) is 3.48. The minimum atomic E-state index is -3.68. The first-order valence-corrected chi connectivity index (χ1v) is 15.4. The number of ether oxygens (including phenoxy) is 2. The molecule has 2 saturated heterocycles. The maximum atomic E-state index is 13.9. The third-order valence-electron chi connectivity index (χ3n) is 8.75. The lowest BCUT2D eigenvalue weighted by atomic mass is 9.69. The molecule has 0 unspecified atom stereocenters. The number of hydrogen-bond donors (Lipinski definition) is 1. The second kappa shape index (κ2) is 10.9. The Bertz CT molecular complexity index is 1410. The zero-order chi connectivity index (χ0) is 27.9. The molecule has 0 radical (unpaired) electrons. The highest BCUT2D eigenvalue weighted by molar-refractivity contribution is 7.89. The molecule has 3 heterocycles. The van der Waals surface area contributed by atoms with E-state index in [0.29, 0.717) is 56.6 Å². The van der Waals surface area contributed by atoms with Crippen molar-refractivity contribution in [3.05, 3.63) is 77.3 Å². The van der Waals surface area contributed by atoms with E-state index in [1.54, 1.807) is 42.8 Å². The molecule has 40 heavy (non-hydrogen) atoms. The number of allylic oxidation sites excluding steroid dienone is 1. The van der Waals surface area contributed by atoms with Crippen molar-refractivity contribution >= 4 is 21.4 Å². The highest BCUT2D eigenvalue weighted by atomic mass is 32.2. The summed E-state index contributed by atoms with van der Waals surface area (Å²) in [4.78, 5) is 2.63. The molecule has 3 aliphatic heterocycles. The highest BCUT2D eigenvalue weighted by Crippen LogP contribution is 2.48. The first kappa shape index (κ1) is 27.4. The van der Waals surface area contributed by atoms with Gasteiger partial charge in [-0.1, -0.05) is 5.57 Å². The fraction of sp³-hybridized carbons (Fsp3) is 0.467. The van der Waals surface area contributed by atoms with Crippen LogP contribution >= 0.6 is 0 Å². The molecule has 0 bridgehead atoms. The van der Waals surface area contributed by atoms with Gasteiger partial charge in [0.2, 0.25) is 10.0 Å². The molecule has 2 aromatic rings. The topological polar surface area (TPSA) is 74.4 Å². The van der Waals surface area contributed by atoms with Crippen molar-refractivity contribution in [2.24, 2.45) is 5.41 Å². The minimum Gasteiger partial charge on any atom is -0.384 e. The second-order valence-electron chi connectivity index (χ2n) is 11.2. The third-order valence-corrected chi connectivity index (χ3v) is 10.6. The standard InChI is InChI=1S/C30H37FN4O4S/c1-38-19-27-4-3-14-34(27)25-9-11-28(12-10-25)40(36,37)33-15-13-23-16-29-22(17-30(23,20-33)21-39-2)18-32-35(29)26-7-5-24(31)6-8-26/h5-12,16,27,32H,3-4,13-15,17-21H2,1-2H3/t27-,30+/m0/s1. The number of halogens is 1. The molecule has 0 saturated carbocycles. The fourth-order valence-electron chi connectivity index (χ4n) is 6.82. The molecule has 4 aliphatic rings. The number of nitrogens with zero attached hydrogens (tertiary/aromatic N) is 3. The first-order chi connectivity index (χ1) is 19.3. The largest absolute Gasteiger partial charge is 0.384 e. The van der Waals surface area contributed by atoms with Crippen LogP contribution in [0.15, 0.2) is 76.3 Å². The van der Waals surface area contributed by atoms with E-state index in [-0.39, 0.29) is 5.82 Å². The van der Waals surface area contributed by atoms with Gasteiger partial charge in [-0.15, -0.1) is 0 Å². The predicted molar refractivity (Wildman–Crippen MR) is 153 cm³/mol. The number of benzene rings is 2. The molecular formula is C30H37FN4O4S. The molecular weight excluding hydrogens is 531 g/mol. The summed E-state index contributed by atoms with van der Waals surface area (Å²) < 4.78 is 54.0. The lowest BCUT2D eigenvalue weighted by Gasteiger charge is -2.46. The number of nitrogens with one attached hydrogen (secondary N) is 1. The highest BCUT2D eigenvalue weighted by Gasteiger charge is 2.47. The summed E-state index contributed by atoms with van der Waals surface area (Å²) in [5.74, 6) is -0.271. The number of methoxy groups -OCH3 is 2. The van der Waals surface area contributed by atoms with Crippen LogP contribution in [-0.2, 0) is 19.5 Å². The van der Waals surface area contributed by atoms with Crippen LogP contribution in [0.4, 0.5) is 15.8 Å². The van der Waals surface area contributed by atoms with Crippen molar-refractivity contribution in [2.45, 2.75) is 36.6 Å². The summed E-state index contributed by atoms with van der Waals surface area (Å²) in [6, 6.07) is 14.1. The smallest absolute Gasteiger partial charge is 0.243 e. The van der Waals surface area contributed by atoms with E-state index >= 15 is 0 Å². The van der Waals surface area contributed by atoms with Gasteiger partial charge in [-0.25, -0.2) is 18.2 Å². The zero-order valence-electron chi connectivity index (χ0n) is 23.1. The van der Waals surface area contributed by atoms with Crippen molar-refractivity contribution in [3.63, 3.8) is 0 Å². The van der Waals surface area contributed by atoms with Gasteiger partial charge in [-0.2, -0.15) is 4.31 Å². The number of sulfonamides is 1. The van der Waals surface area contributed by atoms with E-state index in [4.69, 9.17) is 9.47 Å². The number of hydrogen-bond acceptors (Lipinski definition) is 7. The van der Waals surface area contributed by atoms with Crippen LogP contribution in [-0.4, -0.2) is 72.4 Å². The van der Waals surface area contributed by atoms with Gasteiger partial charge in [0.1, 0.15) is 5.82 Å². The summed E-state index contributed by atoms with van der Waals surface area (Å²) in [5, 5.41) is 2.00. The van der Waals surface area contributed by atoms with Crippen LogP contribution in [0.3, 0.4) is 0 Å². The lowest BCUT2D eigenvalue weighted by Crippen LogP contribution is -2.50. The monoisotopic (exact) mass is 568 g/mol. The van der Waals surface area contributed by atoms with Crippen LogP contribution in [0.1, 0.15) is 25.7 Å². The van der Waals surface area contributed by atoms with Gasteiger partial charge in [0.25, 0.3) is 0 Å². The average Bonchev–Trinajstić information content (AvgIpc) is 3.59. The summed E-state index contributed by atoms with van der Waals surface area (Å²) in [7, 11) is -0.289. The van der Waals surface area contributed by atoms with Gasteiger partial charge in [0.05, 0.1) is 35.5 Å². The van der Waals surface area contributed by atoms with E-state index in [1.165, 1.54) is 23.3 Å². The summed E-state index contributed by atoms with van der Waals surface area (Å²) >= 11 is 0. The quantitative estimate of drug-likeness (QED) is 0.515. The van der Waals surface area contributed by atoms with Gasteiger partial charge in [-0.05, 0) is 85.9 Å². The van der Waals surface area contributed by atoms with E-state index in [1.807, 2.05) is 17.1 Å². The van der Waals surface area contributed by atoms with E-state index in [0.717, 1.165) is 36.5 Å². The molecule has 2 fully saturated rings. The van der Waals surface area contributed by atoms with Crippen LogP contribution in [0.2, 0.25) is 0 Å². The molecule has 2 atom stereocenters.